The average Bonchev–Trinajstić information content (AvgIpc) is 3.96. The molecule has 8 aromatic rings. The molecule has 0 aliphatic rings. The number of rotatable bonds is 8. The van der Waals surface area contributed by atoms with E-state index in [1.165, 1.54) is 34.4 Å². The smallest absolute Gasteiger partial charge is 0.241 e. The van der Waals surface area contributed by atoms with Crippen LogP contribution in [0.3, 0.4) is 0 Å². The predicted octanol–water partition coefficient (Wildman–Crippen LogP) is 11.9. The second-order valence-electron chi connectivity index (χ2n) is 11.3. The lowest BCUT2D eigenvalue weighted by molar-refractivity contribution is 0.711. The number of nitriles is 2. The van der Waals surface area contributed by atoms with Crippen LogP contribution in [0.25, 0.3) is 86.4 Å². The molecule has 0 amide bonds. The number of nitrogens with zero attached hydrogens (tertiary/aromatic N) is 8. The van der Waals surface area contributed by atoms with E-state index in [2.05, 4.69) is 56.9 Å². The summed E-state index contributed by atoms with van der Waals surface area (Å²) in [7, 11) is 0. The molecule has 0 fully saturated rings. The third kappa shape index (κ3) is 4.90. The fourth-order valence-corrected chi connectivity index (χ4v) is 10.8. The van der Waals surface area contributed by atoms with Crippen LogP contribution >= 0.6 is 57.1 Å². The summed E-state index contributed by atoms with van der Waals surface area (Å²) in [6, 6.07) is 16.1. The van der Waals surface area contributed by atoms with E-state index in [0.717, 1.165) is 98.7 Å². The zero-order valence-corrected chi connectivity index (χ0v) is 30.1. The minimum atomic E-state index is 0.525. The summed E-state index contributed by atoms with van der Waals surface area (Å²) in [5.74, 6) is 0. The molecule has 13 heteroatoms. The lowest BCUT2D eigenvalue weighted by Gasteiger charge is -2.11. The van der Waals surface area contributed by atoms with Crippen LogP contribution < -0.4 is 0 Å². The summed E-state index contributed by atoms with van der Waals surface area (Å²) < 4.78 is 16.9. The first-order chi connectivity index (χ1) is 24.0. The molecule has 1 aromatic carbocycles. The highest BCUT2D eigenvalue weighted by molar-refractivity contribution is 7.22. The quantitative estimate of drug-likeness (QED) is 0.115. The highest BCUT2D eigenvalue weighted by Gasteiger charge is 2.27. The summed E-state index contributed by atoms with van der Waals surface area (Å²) in [4.78, 5) is 11.5. The van der Waals surface area contributed by atoms with Gasteiger partial charge in [-0.05, 0) is 49.3 Å². The molecule has 236 valence electrons. The Morgan fingerprint density at radius 3 is 1.94 bits per heavy atom. The topological polar surface area (TPSA) is 91.9 Å². The summed E-state index contributed by atoms with van der Waals surface area (Å²) in [5.41, 5.74) is 7.40. The van der Waals surface area contributed by atoms with Crippen LogP contribution in [-0.4, -0.2) is 17.9 Å². The Hall–Kier alpha value is -5.12. The van der Waals surface area contributed by atoms with E-state index in [4.69, 9.17) is 21.9 Å². The summed E-state index contributed by atoms with van der Waals surface area (Å²) in [5, 5.41) is 22.1. The minimum Gasteiger partial charge on any atom is -0.338 e. The molecule has 0 atom stereocenters. The van der Waals surface area contributed by atoms with Gasteiger partial charge >= 0.3 is 0 Å². The number of aromatic nitrogens is 4. The number of hydrogen-bond donors (Lipinski definition) is 0. The summed E-state index contributed by atoms with van der Waals surface area (Å²) >= 11 is 7.22. The largest absolute Gasteiger partial charge is 0.338 e. The molecule has 0 saturated heterocycles. The predicted molar refractivity (Wildman–Crippen MR) is 207 cm³/mol. The third-order valence-electron chi connectivity index (χ3n) is 8.34. The van der Waals surface area contributed by atoms with Crippen LogP contribution in [0.5, 0.6) is 0 Å². The highest BCUT2D eigenvalue weighted by atomic mass is 32.1. The van der Waals surface area contributed by atoms with Crippen LogP contribution in [0, 0.1) is 35.8 Å². The van der Waals surface area contributed by atoms with E-state index in [9.17, 15) is 10.5 Å². The minimum absolute atomic E-state index is 0.525. The monoisotopic (exact) mass is 726 g/mol. The van der Waals surface area contributed by atoms with Gasteiger partial charge < -0.3 is 9.13 Å². The zero-order valence-electron chi connectivity index (χ0n) is 26.1. The lowest BCUT2D eigenvalue weighted by atomic mass is 10.1. The first-order valence-electron chi connectivity index (χ1n) is 15.4. The van der Waals surface area contributed by atoms with E-state index in [-0.39, 0.29) is 0 Å². The Bertz CT molecular complexity index is 2670. The van der Waals surface area contributed by atoms with Crippen LogP contribution in [0.1, 0.15) is 51.1 Å². The van der Waals surface area contributed by atoms with Gasteiger partial charge in [0, 0.05) is 43.4 Å². The first-order valence-corrected chi connectivity index (χ1v) is 19.4. The van der Waals surface area contributed by atoms with Gasteiger partial charge in [-0.2, -0.15) is 30.6 Å². The van der Waals surface area contributed by atoms with Gasteiger partial charge in [0.1, 0.15) is 28.0 Å². The van der Waals surface area contributed by atoms with Crippen LogP contribution in [0.15, 0.2) is 36.4 Å². The first kappa shape index (κ1) is 31.2. The molecule has 0 spiro atoms. The third-order valence-corrected chi connectivity index (χ3v) is 13.1. The van der Waals surface area contributed by atoms with Crippen molar-refractivity contribution >= 4 is 139 Å². The molecule has 8 nitrogen and oxygen atoms in total. The van der Waals surface area contributed by atoms with Crippen molar-refractivity contribution in [2.24, 2.45) is 0 Å². The second kappa shape index (κ2) is 12.4. The van der Waals surface area contributed by atoms with Gasteiger partial charge in [0.2, 0.25) is 10.7 Å². The molecular formula is C36H22N8S5. The maximum absolute atomic E-state index is 10.0. The molecule has 0 radical (unpaired) electrons. The van der Waals surface area contributed by atoms with Gasteiger partial charge in [-0.25, -0.2) is 9.69 Å². The zero-order chi connectivity index (χ0) is 33.8. The molecule has 7 heterocycles. The van der Waals surface area contributed by atoms with E-state index in [1.54, 1.807) is 34.8 Å². The van der Waals surface area contributed by atoms with E-state index < -0.39 is 0 Å². The maximum atomic E-state index is 10.0. The van der Waals surface area contributed by atoms with Crippen molar-refractivity contribution in [2.45, 2.75) is 39.8 Å². The number of aryl methyl sites for hydroxylation is 2. The fourth-order valence-electron chi connectivity index (χ4n) is 6.45. The number of benzene rings is 1. The fraction of sp³-hybridized carbons (Fsp3) is 0.167. The van der Waals surface area contributed by atoms with Crippen molar-refractivity contribution in [1.82, 2.24) is 17.9 Å². The van der Waals surface area contributed by atoms with Gasteiger partial charge in [-0.15, -0.1) is 34.0 Å². The van der Waals surface area contributed by atoms with Crippen molar-refractivity contribution in [3.63, 3.8) is 0 Å². The van der Waals surface area contributed by atoms with Crippen molar-refractivity contribution in [2.75, 3.05) is 0 Å². The van der Waals surface area contributed by atoms with Crippen LogP contribution in [-0.2, 0) is 13.1 Å². The Morgan fingerprint density at radius 1 is 0.816 bits per heavy atom. The summed E-state index contributed by atoms with van der Waals surface area (Å²) in [6.45, 7) is 21.2. The number of allylic oxidation sites excluding steroid dienone is 1. The highest BCUT2D eigenvalue weighted by Crippen LogP contribution is 2.48. The lowest BCUT2D eigenvalue weighted by Crippen LogP contribution is -2.01. The SMILES string of the molecule is [C-]#[N+]/C(=C\c1cc2c(s1)c1c3nsnc3c3c4sc(/C=C(\C#N)c5ccc([N+]#[C-])s5)cc4n(CCC)c3c1n2CCC)c1ccc(C#N)s1. The van der Waals surface area contributed by atoms with Gasteiger partial charge in [0.25, 0.3) is 0 Å². The molecule has 8 rings (SSSR count). The van der Waals surface area contributed by atoms with Crippen molar-refractivity contribution in [3.8, 4) is 12.1 Å². The Morgan fingerprint density at radius 2 is 1.43 bits per heavy atom. The van der Waals surface area contributed by atoms with Gasteiger partial charge in [0.15, 0.2) is 0 Å². The van der Waals surface area contributed by atoms with E-state index in [1.807, 2.05) is 24.3 Å². The Balaban J connectivity index is 1.40. The van der Waals surface area contributed by atoms with Crippen molar-refractivity contribution in [1.29, 1.82) is 10.5 Å². The summed E-state index contributed by atoms with van der Waals surface area (Å²) in [6.07, 6.45) is 5.75. The van der Waals surface area contributed by atoms with Gasteiger partial charge in [-0.1, -0.05) is 26.0 Å². The van der Waals surface area contributed by atoms with Crippen molar-refractivity contribution in [3.05, 3.63) is 83.6 Å². The Kier molecular flexibility index (Phi) is 7.89. The molecule has 0 aliphatic heterocycles. The molecule has 0 unspecified atom stereocenters. The molecule has 7 aromatic heterocycles. The maximum Gasteiger partial charge on any atom is 0.241 e. The normalized spacial score (nSPS) is 12.4. The number of thiophene rings is 4. The van der Waals surface area contributed by atoms with Crippen molar-refractivity contribution < 1.29 is 0 Å². The van der Waals surface area contributed by atoms with E-state index in [0.29, 0.717) is 21.1 Å². The Labute approximate surface area is 300 Å². The van der Waals surface area contributed by atoms with Crippen LogP contribution in [0.2, 0.25) is 0 Å². The standard InChI is InChI=1S/C36H22N8S5/c1-5-11-43-24-15-21(13-19(17-37)26-9-10-28(40-4)48-26)46-35(24)29-31-32(42-49-41-31)30-34(33(29)43)44(12-6-2)25-16-22(47-36(25)30)14-23(39-3)27-8-7-20(18-38)45-27/h7-10,13-16H,5-6,11-12H2,1-2H3/b19-13+,23-14-. The molecule has 49 heavy (non-hydrogen) atoms. The number of fused-ring (bicyclic) bond motifs is 10. The molecule has 0 saturated carbocycles. The van der Waals surface area contributed by atoms with E-state index >= 15 is 0 Å². The average molecular weight is 727 g/mol. The second-order valence-corrected chi connectivity index (χ2v) is 16.1. The molecule has 0 aliphatic carbocycles. The molecule has 0 bridgehead atoms. The van der Waals surface area contributed by atoms with Crippen LogP contribution in [0.4, 0.5) is 5.00 Å². The van der Waals surface area contributed by atoms with Gasteiger partial charge in [0.05, 0.1) is 61.9 Å². The van der Waals surface area contributed by atoms with Gasteiger partial charge in [-0.3, -0.25) is 0 Å². The molecular weight excluding hydrogens is 705 g/mol. The molecule has 0 N–H and O–H groups in total. The number of hydrogen-bond acceptors (Lipinski definition) is 9.